The summed E-state index contributed by atoms with van der Waals surface area (Å²) in [5.41, 5.74) is 2.06. The van der Waals surface area contributed by atoms with Gasteiger partial charge in [-0.3, -0.25) is 0 Å². The predicted molar refractivity (Wildman–Crippen MR) is 57.2 cm³/mol. The third-order valence-corrected chi connectivity index (χ3v) is 2.22. The van der Waals surface area contributed by atoms with Gasteiger partial charge in [-0.05, 0) is 11.6 Å². The molecule has 0 unspecified atom stereocenters. The lowest BCUT2D eigenvalue weighted by Gasteiger charge is -2.09. The van der Waals surface area contributed by atoms with Crippen molar-refractivity contribution >= 4 is 6.08 Å². The summed E-state index contributed by atoms with van der Waals surface area (Å²) in [5, 5.41) is 8.67. The fourth-order valence-corrected chi connectivity index (χ4v) is 1.55. The maximum Gasteiger partial charge on any atom is 0.184 e. The summed E-state index contributed by atoms with van der Waals surface area (Å²) in [6, 6.07) is 7.91. The van der Waals surface area contributed by atoms with Crippen molar-refractivity contribution in [2.24, 2.45) is 0 Å². The van der Waals surface area contributed by atoms with E-state index < -0.39 is 0 Å². The van der Waals surface area contributed by atoms with E-state index in [2.05, 4.69) is 0 Å². The second kappa shape index (κ2) is 5.07. The number of rotatable bonds is 3. The fourth-order valence-electron chi connectivity index (χ4n) is 1.55. The van der Waals surface area contributed by atoms with E-state index in [1.54, 1.807) is 6.08 Å². The quantitative estimate of drug-likeness (QED) is 0.818. The van der Waals surface area contributed by atoms with Crippen molar-refractivity contribution < 1.29 is 14.6 Å². The number of benzene rings is 1. The molecule has 1 aromatic carbocycles. The van der Waals surface area contributed by atoms with Gasteiger partial charge in [0.25, 0.3) is 0 Å². The molecule has 1 saturated heterocycles. The van der Waals surface area contributed by atoms with E-state index in [1.807, 2.05) is 30.3 Å². The van der Waals surface area contributed by atoms with Gasteiger partial charge in [-0.15, -0.1) is 0 Å². The van der Waals surface area contributed by atoms with Crippen LogP contribution in [0.2, 0.25) is 0 Å². The van der Waals surface area contributed by atoms with Gasteiger partial charge in [-0.2, -0.15) is 0 Å². The standard InChI is InChI=1S/C12H14O3/c13-6-2-4-10-3-1-5-11(9-10)12-14-7-8-15-12/h1-5,9,12-13H,6-8H2/b4-2+. The number of hydrogen-bond acceptors (Lipinski definition) is 3. The van der Waals surface area contributed by atoms with Gasteiger partial charge in [0, 0.05) is 5.56 Å². The Morgan fingerprint density at radius 2 is 2.13 bits per heavy atom. The van der Waals surface area contributed by atoms with E-state index in [0.717, 1.165) is 11.1 Å². The average Bonchev–Trinajstić information content (AvgIpc) is 2.80. The molecule has 80 valence electrons. The molecule has 2 rings (SSSR count). The van der Waals surface area contributed by atoms with E-state index in [0.29, 0.717) is 13.2 Å². The summed E-state index contributed by atoms with van der Waals surface area (Å²) < 4.78 is 10.8. The van der Waals surface area contributed by atoms with Crippen molar-refractivity contribution in [3.8, 4) is 0 Å². The van der Waals surface area contributed by atoms with E-state index in [-0.39, 0.29) is 12.9 Å². The number of aliphatic hydroxyl groups is 1. The molecule has 0 aromatic heterocycles. The molecule has 1 aliphatic rings. The summed E-state index contributed by atoms with van der Waals surface area (Å²) >= 11 is 0. The average molecular weight is 206 g/mol. The minimum absolute atomic E-state index is 0.0562. The van der Waals surface area contributed by atoms with Gasteiger partial charge in [0.05, 0.1) is 19.8 Å². The third-order valence-electron chi connectivity index (χ3n) is 2.22. The highest BCUT2D eigenvalue weighted by Crippen LogP contribution is 2.23. The van der Waals surface area contributed by atoms with Gasteiger partial charge in [-0.25, -0.2) is 0 Å². The molecule has 0 saturated carbocycles. The summed E-state index contributed by atoms with van der Waals surface area (Å²) in [7, 11) is 0. The minimum atomic E-state index is -0.229. The van der Waals surface area contributed by atoms with Crippen LogP contribution in [0.25, 0.3) is 6.08 Å². The number of hydrogen-bond donors (Lipinski definition) is 1. The Bertz CT molecular complexity index is 340. The van der Waals surface area contributed by atoms with Gasteiger partial charge in [0.1, 0.15) is 0 Å². The SMILES string of the molecule is OC/C=C/c1cccc(C2OCCO2)c1. The van der Waals surface area contributed by atoms with E-state index in [9.17, 15) is 0 Å². The van der Waals surface area contributed by atoms with Crippen LogP contribution in [0.5, 0.6) is 0 Å². The first kappa shape index (κ1) is 10.4. The predicted octanol–water partition coefficient (Wildman–Crippen LogP) is 1.74. The monoisotopic (exact) mass is 206 g/mol. The first-order valence-electron chi connectivity index (χ1n) is 5.01. The summed E-state index contributed by atoms with van der Waals surface area (Å²) in [5.74, 6) is 0. The molecular weight excluding hydrogens is 192 g/mol. The van der Waals surface area contributed by atoms with Crippen LogP contribution < -0.4 is 0 Å². The first-order chi connectivity index (χ1) is 7.40. The maximum absolute atomic E-state index is 8.67. The molecule has 1 aliphatic heterocycles. The van der Waals surface area contributed by atoms with Crippen LogP contribution in [0, 0.1) is 0 Å². The molecule has 15 heavy (non-hydrogen) atoms. The highest BCUT2D eigenvalue weighted by Gasteiger charge is 2.17. The van der Waals surface area contributed by atoms with Gasteiger partial charge in [-0.1, -0.05) is 30.4 Å². The van der Waals surface area contributed by atoms with E-state index in [4.69, 9.17) is 14.6 Å². The molecule has 0 spiro atoms. The van der Waals surface area contributed by atoms with Crippen molar-refractivity contribution in [2.75, 3.05) is 19.8 Å². The first-order valence-corrected chi connectivity index (χ1v) is 5.01. The lowest BCUT2D eigenvalue weighted by atomic mass is 10.1. The van der Waals surface area contributed by atoms with Crippen LogP contribution in [-0.2, 0) is 9.47 Å². The van der Waals surface area contributed by atoms with Gasteiger partial charge >= 0.3 is 0 Å². The lowest BCUT2D eigenvalue weighted by molar-refractivity contribution is -0.0441. The minimum Gasteiger partial charge on any atom is -0.392 e. The summed E-state index contributed by atoms with van der Waals surface area (Å²) in [4.78, 5) is 0. The molecule has 1 N–H and O–H groups in total. The third kappa shape index (κ3) is 2.65. The second-order valence-corrected chi connectivity index (χ2v) is 3.33. The van der Waals surface area contributed by atoms with Crippen LogP contribution in [-0.4, -0.2) is 24.9 Å². The molecule has 1 fully saturated rings. The molecule has 1 aromatic rings. The molecule has 0 aliphatic carbocycles. The smallest absolute Gasteiger partial charge is 0.184 e. The molecular formula is C12H14O3. The zero-order chi connectivity index (χ0) is 10.5. The van der Waals surface area contributed by atoms with Crippen molar-refractivity contribution in [3.63, 3.8) is 0 Å². The molecule has 3 heteroatoms. The topological polar surface area (TPSA) is 38.7 Å². The Labute approximate surface area is 88.9 Å². The van der Waals surface area contributed by atoms with Gasteiger partial charge in [0.2, 0.25) is 0 Å². The molecule has 0 amide bonds. The van der Waals surface area contributed by atoms with Gasteiger partial charge in [0.15, 0.2) is 6.29 Å². The zero-order valence-corrected chi connectivity index (χ0v) is 8.43. The Morgan fingerprint density at radius 3 is 2.87 bits per heavy atom. The van der Waals surface area contributed by atoms with Crippen LogP contribution in [0.4, 0.5) is 0 Å². The highest BCUT2D eigenvalue weighted by atomic mass is 16.7. The second-order valence-electron chi connectivity index (χ2n) is 3.33. The normalized spacial score (nSPS) is 17.7. The fraction of sp³-hybridized carbons (Fsp3) is 0.333. The van der Waals surface area contributed by atoms with Crippen molar-refractivity contribution in [1.82, 2.24) is 0 Å². The Balaban J connectivity index is 2.14. The largest absolute Gasteiger partial charge is 0.392 e. The van der Waals surface area contributed by atoms with Crippen LogP contribution >= 0.6 is 0 Å². The van der Waals surface area contributed by atoms with E-state index >= 15 is 0 Å². The van der Waals surface area contributed by atoms with E-state index in [1.165, 1.54) is 0 Å². The molecule has 3 nitrogen and oxygen atoms in total. The molecule has 0 bridgehead atoms. The van der Waals surface area contributed by atoms with Gasteiger partial charge < -0.3 is 14.6 Å². The molecule has 1 heterocycles. The Kier molecular flexibility index (Phi) is 3.50. The maximum atomic E-state index is 8.67. The Hall–Kier alpha value is -1.16. The zero-order valence-electron chi connectivity index (χ0n) is 8.43. The van der Waals surface area contributed by atoms with Crippen LogP contribution in [0.15, 0.2) is 30.3 Å². The number of ether oxygens (including phenoxy) is 2. The van der Waals surface area contributed by atoms with Crippen molar-refractivity contribution in [2.45, 2.75) is 6.29 Å². The summed E-state index contributed by atoms with van der Waals surface area (Å²) in [6.45, 7) is 1.36. The number of aliphatic hydroxyl groups excluding tert-OH is 1. The van der Waals surface area contributed by atoms with Crippen LogP contribution in [0.3, 0.4) is 0 Å². The molecule has 0 radical (unpaired) electrons. The lowest BCUT2D eigenvalue weighted by Crippen LogP contribution is -1.97. The van der Waals surface area contributed by atoms with Crippen LogP contribution in [0.1, 0.15) is 17.4 Å². The Morgan fingerprint density at radius 1 is 1.33 bits per heavy atom. The highest BCUT2D eigenvalue weighted by molar-refractivity contribution is 5.50. The van der Waals surface area contributed by atoms with Crippen molar-refractivity contribution in [1.29, 1.82) is 0 Å². The summed E-state index contributed by atoms with van der Waals surface area (Å²) in [6.07, 6.45) is 3.35. The van der Waals surface area contributed by atoms with Crippen molar-refractivity contribution in [3.05, 3.63) is 41.5 Å². The molecule has 0 atom stereocenters.